The Kier molecular flexibility index (Phi) is 461. The average Bonchev–Trinajstić information content (AvgIpc) is 3.22. The standard InChI is InChI=1S/C18H15OP.12CH3O.6O.6V/c19-20(16-10-4-1-5-11-16,17-12-6-2-7-13-17)18-14-8-3-9-15-18;12*1-2;;;;;;;;;;;;/h1-15H;12*1H3;;;;;;;;;;;;/q;12*-1;6*-2;6*+4. The molecule has 0 saturated heterocycles. The molecule has 19 nitrogen and oxygen atoms in total. The minimum absolute atomic E-state index is 0. The van der Waals surface area contributed by atoms with Gasteiger partial charge in [-0.05, 0) is 0 Å². The molecule has 320 valence electrons. The monoisotopic (exact) mass is 1050 g/mol. The van der Waals surface area contributed by atoms with Crippen molar-refractivity contribution in [1.29, 1.82) is 0 Å². The van der Waals surface area contributed by atoms with Crippen LogP contribution >= 0.6 is 7.14 Å². The van der Waals surface area contributed by atoms with E-state index in [4.69, 9.17) is 61.3 Å². The molecule has 0 spiro atoms. The van der Waals surface area contributed by atoms with Crippen LogP contribution in [0.1, 0.15) is 0 Å². The third kappa shape index (κ3) is 86.5. The maximum atomic E-state index is 13.8. The second-order valence-electron chi connectivity index (χ2n) is 4.62. The van der Waals surface area contributed by atoms with Gasteiger partial charge in [0.25, 0.3) is 0 Å². The molecule has 56 heavy (non-hydrogen) atoms. The third-order valence-corrected chi connectivity index (χ3v) is 6.44. The van der Waals surface area contributed by atoms with Crippen molar-refractivity contribution in [2.24, 2.45) is 0 Å². The van der Waals surface area contributed by atoms with Gasteiger partial charge in [0.2, 0.25) is 0 Å². The second-order valence-corrected chi connectivity index (χ2v) is 7.38. The van der Waals surface area contributed by atoms with E-state index in [2.05, 4.69) is 0 Å². The quantitative estimate of drug-likeness (QED) is 0.220. The van der Waals surface area contributed by atoms with Crippen molar-refractivity contribution >= 4 is 23.1 Å². The molecular weight excluding hydrogens is 1000 g/mol. The van der Waals surface area contributed by atoms with Crippen molar-refractivity contribution in [2.45, 2.75) is 0 Å². The van der Waals surface area contributed by atoms with Crippen molar-refractivity contribution in [2.75, 3.05) is 85.3 Å². The van der Waals surface area contributed by atoms with Gasteiger partial charge in [0.05, 0.1) is 0 Å². The van der Waals surface area contributed by atoms with Crippen LogP contribution in [0, 0.1) is 0 Å². The minimum atomic E-state index is -2.78. The van der Waals surface area contributed by atoms with Crippen LogP contribution in [0.2, 0.25) is 0 Å². The molecule has 0 saturated carbocycles. The molecule has 0 bridgehead atoms. The van der Waals surface area contributed by atoms with Crippen LogP contribution < -0.4 is 77.2 Å². The summed E-state index contributed by atoms with van der Waals surface area (Å²) >= 11 is 0. The molecule has 0 fully saturated rings. The van der Waals surface area contributed by atoms with Gasteiger partial charge >= 0.3 is 111 Å². The van der Waals surface area contributed by atoms with Crippen molar-refractivity contribution in [3.8, 4) is 0 Å². The molecule has 26 heteroatoms. The summed E-state index contributed by atoms with van der Waals surface area (Å²) < 4.78 is 13.8. The van der Waals surface area contributed by atoms with Crippen LogP contribution in [0.3, 0.4) is 0 Å². The maximum absolute atomic E-state index is 13.8. The largest absolute Gasteiger partial charge is 4.00 e. The Bertz CT molecular complexity index is 688. The van der Waals surface area contributed by atoms with Crippen molar-refractivity contribution < 1.29 is 210 Å². The zero-order valence-corrected chi connectivity index (χ0v) is 42.3. The number of benzene rings is 3. The van der Waals surface area contributed by atoms with Crippen LogP contribution in [-0.4, -0.2) is 85.3 Å². The summed E-state index contributed by atoms with van der Waals surface area (Å²) in [6.07, 6.45) is 0. The zero-order valence-electron chi connectivity index (χ0n) is 33.0. The number of hydrogen-bond acceptors (Lipinski definition) is 13. The summed E-state index contributed by atoms with van der Waals surface area (Å²) in [5, 5.41) is 102. The SMILES string of the molecule is C[O-].C[O-].C[O-].C[O-].C[O-].C[O-].C[O-].C[O-].C[O-].C[O-].C[O-].C[O-].O=P(c1ccccc1)(c1ccccc1)c1ccccc1.[O-2].[O-2].[O-2].[O-2].[O-2].[O-2].[V+4].[V+4].[V+4].[V+4].[V+4].[V+4]. The molecule has 0 aliphatic rings. The summed E-state index contributed by atoms with van der Waals surface area (Å²) in [6, 6.07) is 29.1. The molecule has 0 aliphatic heterocycles. The molecule has 0 aromatic heterocycles. The van der Waals surface area contributed by atoms with Gasteiger partial charge in [-0.25, -0.2) is 0 Å². The molecule has 6 radical (unpaired) electrons. The first-order valence-corrected chi connectivity index (χ1v) is 13.2. The normalized spacial score (nSPS) is 5.29. The van der Waals surface area contributed by atoms with Gasteiger partial charge in [0.15, 0.2) is 7.14 Å². The van der Waals surface area contributed by atoms with Gasteiger partial charge in [-0.1, -0.05) is 91.0 Å². The van der Waals surface area contributed by atoms with Crippen molar-refractivity contribution in [3.63, 3.8) is 0 Å². The van der Waals surface area contributed by atoms with Crippen molar-refractivity contribution in [3.05, 3.63) is 91.0 Å². The predicted molar refractivity (Wildman–Crippen MR) is 161 cm³/mol. The molecule has 0 N–H and O–H groups in total. The third-order valence-electron chi connectivity index (χ3n) is 3.36. The Labute approximate surface area is 406 Å². The first kappa shape index (κ1) is 146. The van der Waals surface area contributed by atoms with E-state index < -0.39 is 7.14 Å². The Balaban J connectivity index is -0.0000000142. The predicted octanol–water partition coefficient (Wildman–Crippen LogP) is -9.68. The Morgan fingerprint density at radius 1 is 0.250 bits per heavy atom. The Morgan fingerprint density at radius 3 is 0.429 bits per heavy atom. The van der Waals surface area contributed by atoms with Crippen LogP contribution in [0.4, 0.5) is 0 Å². The topological polar surface area (TPSA) is 465 Å². The minimum Gasteiger partial charge on any atom is -2.00 e. The number of rotatable bonds is 3. The van der Waals surface area contributed by atoms with Crippen LogP contribution in [-0.2, 0) is 149 Å². The number of hydrogen-bond donors (Lipinski definition) is 0. The molecular formula is C30H51O19PV6. The fourth-order valence-electron chi connectivity index (χ4n) is 2.36. The summed E-state index contributed by atoms with van der Waals surface area (Å²) in [5.41, 5.74) is 0. The molecule has 0 unspecified atom stereocenters. The molecule has 3 rings (SSSR count). The Hall–Kier alpha value is 0.676. The van der Waals surface area contributed by atoms with Crippen LogP contribution in [0.15, 0.2) is 91.0 Å². The molecule has 0 aliphatic carbocycles. The summed E-state index contributed by atoms with van der Waals surface area (Å²) in [7, 11) is 6.22. The molecule has 3 aromatic rings. The fourth-order valence-corrected chi connectivity index (χ4v) is 5.03. The first-order valence-electron chi connectivity index (χ1n) is 11.5. The van der Waals surface area contributed by atoms with E-state index in [9.17, 15) is 4.57 Å². The average molecular weight is 1050 g/mol. The summed E-state index contributed by atoms with van der Waals surface area (Å²) in [5.74, 6) is 0. The van der Waals surface area contributed by atoms with Gasteiger partial charge < -0.3 is 98.7 Å². The van der Waals surface area contributed by atoms with E-state index in [1.54, 1.807) is 0 Å². The summed E-state index contributed by atoms with van der Waals surface area (Å²) in [6.45, 7) is 0. The van der Waals surface area contributed by atoms with E-state index in [0.717, 1.165) is 101 Å². The molecule has 0 amide bonds. The molecule has 3 aromatic carbocycles. The molecule has 0 heterocycles. The van der Waals surface area contributed by atoms with E-state index in [1.165, 1.54) is 0 Å². The first-order chi connectivity index (χ1) is 21.8. The smallest absolute Gasteiger partial charge is 2.00 e. The van der Waals surface area contributed by atoms with E-state index in [0.29, 0.717) is 0 Å². The van der Waals surface area contributed by atoms with E-state index in [-0.39, 0.29) is 144 Å². The van der Waals surface area contributed by atoms with Crippen LogP contribution in [0.25, 0.3) is 0 Å². The van der Waals surface area contributed by atoms with Gasteiger partial charge in [0, 0.05) is 15.9 Å². The zero-order chi connectivity index (χ0) is 37.8. The van der Waals surface area contributed by atoms with Gasteiger partial charge in [-0.3, -0.25) is 0 Å². The van der Waals surface area contributed by atoms with Crippen molar-refractivity contribution in [1.82, 2.24) is 0 Å². The molecule has 0 atom stereocenters. The maximum Gasteiger partial charge on any atom is 4.00 e. The van der Waals surface area contributed by atoms with E-state index in [1.807, 2.05) is 91.0 Å². The van der Waals surface area contributed by atoms with Gasteiger partial charge in [0.1, 0.15) is 0 Å². The Morgan fingerprint density at radius 2 is 0.339 bits per heavy atom. The summed E-state index contributed by atoms with van der Waals surface area (Å²) in [4.78, 5) is 0. The second kappa shape index (κ2) is 177. The van der Waals surface area contributed by atoms with E-state index >= 15 is 0 Å². The van der Waals surface area contributed by atoms with Crippen LogP contribution in [0.5, 0.6) is 0 Å². The fraction of sp³-hybridized carbons (Fsp3) is 0.400. The van der Waals surface area contributed by atoms with Gasteiger partial charge in [-0.15, -0.1) is 0 Å². The van der Waals surface area contributed by atoms with Gasteiger partial charge in [-0.2, -0.15) is 85.3 Å².